The van der Waals surface area contributed by atoms with E-state index in [-0.39, 0.29) is 0 Å². The Labute approximate surface area is 67.8 Å². The average molecular weight is 157 g/mol. The van der Waals surface area contributed by atoms with Gasteiger partial charge in [-0.15, -0.1) is 11.8 Å². The highest BCUT2D eigenvalue weighted by Gasteiger charge is 1.84. The van der Waals surface area contributed by atoms with Gasteiger partial charge in [-0.3, -0.25) is 0 Å². The largest absolute Gasteiger partial charge is 0.330 e. The molecule has 0 aliphatic rings. The molecule has 0 aliphatic heterocycles. The van der Waals surface area contributed by atoms with Crippen LogP contribution in [-0.4, -0.2) is 18.1 Å². The number of thioether (sulfide) groups is 1. The van der Waals surface area contributed by atoms with Crippen molar-refractivity contribution in [3.63, 3.8) is 0 Å². The van der Waals surface area contributed by atoms with Crippen molar-refractivity contribution in [2.75, 3.05) is 18.1 Å². The summed E-state index contributed by atoms with van der Waals surface area (Å²) in [6.45, 7) is 2.69. The summed E-state index contributed by atoms with van der Waals surface area (Å²) in [4.78, 5) is 0. The van der Waals surface area contributed by atoms with Gasteiger partial charge < -0.3 is 5.73 Å². The first-order valence-corrected chi connectivity index (χ1v) is 4.74. The highest BCUT2D eigenvalue weighted by Crippen LogP contribution is 2.02. The van der Waals surface area contributed by atoms with Crippen molar-refractivity contribution in [3.8, 4) is 11.8 Å². The van der Waals surface area contributed by atoms with Crippen molar-refractivity contribution < 1.29 is 0 Å². The van der Waals surface area contributed by atoms with Crippen LogP contribution in [0.15, 0.2) is 0 Å². The Morgan fingerprint density at radius 1 is 1.40 bits per heavy atom. The lowest BCUT2D eigenvalue weighted by molar-refractivity contribution is 0.942. The third-order valence-corrected chi connectivity index (χ3v) is 2.11. The number of nitrogens with two attached hydrogens (primary N) is 1. The van der Waals surface area contributed by atoms with Crippen LogP contribution in [0.25, 0.3) is 0 Å². The highest BCUT2D eigenvalue weighted by molar-refractivity contribution is 7.99. The van der Waals surface area contributed by atoms with Crippen molar-refractivity contribution in [3.05, 3.63) is 0 Å². The van der Waals surface area contributed by atoms with Gasteiger partial charge in [0.1, 0.15) is 0 Å². The predicted octanol–water partition coefficient (Wildman–Crippen LogP) is 1.48. The van der Waals surface area contributed by atoms with Crippen LogP contribution in [0.5, 0.6) is 0 Å². The first-order chi connectivity index (χ1) is 4.91. The molecule has 2 heteroatoms. The first-order valence-electron chi connectivity index (χ1n) is 3.59. The lowest BCUT2D eigenvalue weighted by atomic mass is 10.5. The molecule has 0 aliphatic carbocycles. The van der Waals surface area contributed by atoms with E-state index < -0.39 is 0 Å². The molecule has 0 rings (SSSR count). The zero-order chi connectivity index (χ0) is 7.66. The van der Waals surface area contributed by atoms with E-state index in [1.807, 2.05) is 18.7 Å². The van der Waals surface area contributed by atoms with Crippen molar-refractivity contribution in [2.24, 2.45) is 5.73 Å². The van der Waals surface area contributed by atoms with Crippen LogP contribution in [0.4, 0.5) is 0 Å². The molecule has 0 radical (unpaired) electrons. The van der Waals surface area contributed by atoms with E-state index in [0.29, 0.717) is 0 Å². The van der Waals surface area contributed by atoms with Gasteiger partial charge in [0.15, 0.2) is 0 Å². The fraction of sp³-hybridized carbons (Fsp3) is 0.750. The van der Waals surface area contributed by atoms with E-state index in [0.717, 1.165) is 25.1 Å². The van der Waals surface area contributed by atoms with Crippen molar-refractivity contribution in [1.29, 1.82) is 0 Å². The highest BCUT2D eigenvalue weighted by atomic mass is 32.2. The van der Waals surface area contributed by atoms with Crippen molar-refractivity contribution in [2.45, 2.75) is 19.8 Å². The fourth-order valence-corrected chi connectivity index (χ4v) is 1.36. The lowest BCUT2D eigenvalue weighted by Gasteiger charge is -1.94. The third-order valence-electron chi connectivity index (χ3n) is 1.04. The zero-order valence-electron chi connectivity index (χ0n) is 6.52. The summed E-state index contributed by atoms with van der Waals surface area (Å²) in [5.41, 5.74) is 5.33. The maximum atomic E-state index is 5.33. The molecule has 0 aromatic rings. The Bertz CT molecular complexity index is 112. The molecule has 0 amide bonds. The van der Waals surface area contributed by atoms with Gasteiger partial charge >= 0.3 is 0 Å². The molecular formula is C8H15NS. The van der Waals surface area contributed by atoms with Gasteiger partial charge in [0, 0.05) is 12.2 Å². The molecule has 10 heavy (non-hydrogen) atoms. The van der Waals surface area contributed by atoms with Gasteiger partial charge in [0.05, 0.1) is 0 Å². The topological polar surface area (TPSA) is 26.0 Å². The summed E-state index contributed by atoms with van der Waals surface area (Å²) < 4.78 is 0. The smallest absolute Gasteiger partial charge is 0.0179 e. The average Bonchev–Trinajstić information content (AvgIpc) is 1.97. The van der Waals surface area contributed by atoms with E-state index in [2.05, 4.69) is 11.8 Å². The van der Waals surface area contributed by atoms with Gasteiger partial charge in [-0.05, 0) is 25.6 Å². The summed E-state index contributed by atoms with van der Waals surface area (Å²) in [5.74, 6) is 8.23. The summed E-state index contributed by atoms with van der Waals surface area (Å²) >= 11 is 1.94. The maximum Gasteiger partial charge on any atom is 0.0179 e. The van der Waals surface area contributed by atoms with E-state index in [4.69, 9.17) is 5.73 Å². The Morgan fingerprint density at radius 3 is 2.80 bits per heavy atom. The molecule has 0 unspecified atom stereocenters. The monoisotopic (exact) mass is 157 g/mol. The van der Waals surface area contributed by atoms with Crippen molar-refractivity contribution in [1.82, 2.24) is 0 Å². The van der Waals surface area contributed by atoms with Crippen LogP contribution in [-0.2, 0) is 0 Å². The molecule has 0 spiro atoms. The number of hydrogen-bond donors (Lipinski definition) is 1. The molecule has 0 aromatic heterocycles. The Kier molecular flexibility index (Phi) is 8.75. The molecule has 0 saturated carbocycles. The molecule has 0 aromatic carbocycles. The van der Waals surface area contributed by atoms with Crippen LogP contribution < -0.4 is 5.73 Å². The van der Waals surface area contributed by atoms with Crippen molar-refractivity contribution >= 4 is 11.8 Å². The minimum Gasteiger partial charge on any atom is -0.330 e. The Hall–Kier alpha value is -0.130. The van der Waals surface area contributed by atoms with Crippen LogP contribution in [0.3, 0.4) is 0 Å². The second-order valence-corrected chi connectivity index (χ2v) is 3.16. The summed E-state index contributed by atoms with van der Waals surface area (Å²) in [7, 11) is 0. The summed E-state index contributed by atoms with van der Waals surface area (Å²) in [6.07, 6.45) is 2.15. The minimum atomic E-state index is 0.812. The molecule has 0 saturated heterocycles. The fourth-order valence-electron chi connectivity index (χ4n) is 0.536. The van der Waals surface area contributed by atoms with Crippen LogP contribution in [0.2, 0.25) is 0 Å². The number of rotatable bonds is 5. The van der Waals surface area contributed by atoms with E-state index >= 15 is 0 Å². The Morgan fingerprint density at radius 2 is 2.20 bits per heavy atom. The second kappa shape index (κ2) is 8.87. The molecule has 0 heterocycles. The summed E-state index contributed by atoms with van der Waals surface area (Å²) in [5, 5.41) is 0. The predicted molar refractivity (Wildman–Crippen MR) is 49.1 cm³/mol. The SMILES string of the molecule is CC#CCCSCCCN. The standard InChI is InChI=1S/C8H15NS/c1-2-3-4-7-10-8-5-6-9/h4-9H2,1H3. The van der Waals surface area contributed by atoms with E-state index in [9.17, 15) is 0 Å². The van der Waals surface area contributed by atoms with Gasteiger partial charge in [-0.1, -0.05) is 0 Å². The maximum absolute atomic E-state index is 5.33. The lowest BCUT2D eigenvalue weighted by Crippen LogP contribution is -1.99. The van der Waals surface area contributed by atoms with E-state index in [1.54, 1.807) is 0 Å². The third kappa shape index (κ3) is 7.87. The molecule has 0 bridgehead atoms. The summed E-state index contributed by atoms with van der Waals surface area (Å²) in [6, 6.07) is 0. The first kappa shape index (κ1) is 9.87. The van der Waals surface area contributed by atoms with Gasteiger partial charge in [0.2, 0.25) is 0 Å². The Balaban J connectivity index is 2.82. The quantitative estimate of drug-likeness (QED) is 0.483. The van der Waals surface area contributed by atoms with Crippen LogP contribution >= 0.6 is 11.8 Å². The molecule has 2 N–H and O–H groups in total. The second-order valence-electron chi connectivity index (χ2n) is 1.93. The zero-order valence-corrected chi connectivity index (χ0v) is 7.34. The van der Waals surface area contributed by atoms with Gasteiger partial charge in [-0.2, -0.15) is 11.8 Å². The van der Waals surface area contributed by atoms with Crippen LogP contribution in [0, 0.1) is 11.8 Å². The minimum absolute atomic E-state index is 0.812. The van der Waals surface area contributed by atoms with Gasteiger partial charge in [-0.25, -0.2) is 0 Å². The molecule has 0 atom stereocenters. The number of hydrogen-bond acceptors (Lipinski definition) is 2. The normalized spacial score (nSPS) is 8.60. The molecule has 58 valence electrons. The van der Waals surface area contributed by atoms with E-state index in [1.165, 1.54) is 5.75 Å². The molecule has 0 fully saturated rings. The molecule has 1 nitrogen and oxygen atoms in total. The van der Waals surface area contributed by atoms with Crippen LogP contribution in [0.1, 0.15) is 19.8 Å². The van der Waals surface area contributed by atoms with Gasteiger partial charge in [0.25, 0.3) is 0 Å². The molecular weight excluding hydrogens is 142 g/mol.